The molecule has 3 aromatic heterocycles. The topological polar surface area (TPSA) is 82.9 Å². The van der Waals surface area contributed by atoms with Gasteiger partial charge in [-0.15, -0.1) is 10.2 Å². The van der Waals surface area contributed by atoms with Crippen LogP contribution in [0.2, 0.25) is 0 Å². The first-order valence-electron chi connectivity index (χ1n) is 9.50. The molecule has 1 fully saturated rings. The summed E-state index contributed by atoms with van der Waals surface area (Å²) in [5.74, 6) is -0.140. The van der Waals surface area contributed by atoms with Gasteiger partial charge in [-0.2, -0.15) is 5.10 Å². The number of nitrogens with one attached hydrogen (secondary N) is 1. The lowest BCUT2D eigenvalue weighted by Crippen LogP contribution is -2.13. The molecule has 5 rings (SSSR count). The molecule has 1 aliphatic heterocycles. The molecule has 2 unspecified atom stereocenters. The molecule has 2 atom stereocenters. The summed E-state index contributed by atoms with van der Waals surface area (Å²) >= 11 is 0. The summed E-state index contributed by atoms with van der Waals surface area (Å²) in [5, 5.41) is 24.0. The Morgan fingerprint density at radius 1 is 1.17 bits per heavy atom. The van der Waals surface area contributed by atoms with Gasteiger partial charge in [0.2, 0.25) is 0 Å². The van der Waals surface area contributed by atoms with Crippen LogP contribution < -0.4 is 0 Å². The number of aromatic hydroxyl groups is 1. The number of rotatable bonds is 3. The number of aryl methyl sites for hydroxylation is 1. The third-order valence-corrected chi connectivity index (χ3v) is 5.56. The second-order valence-electron chi connectivity index (χ2n) is 7.67. The van der Waals surface area contributed by atoms with E-state index >= 15 is 0 Å². The summed E-state index contributed by atoms with van der Waals surface area (Å²) in [5.41, 5.74) is 4.36. The quantitative estimate of drug-likeness (QED) is 0.560. The lowest BCUT2D eigenvalue weighted by molar-refractivity contribution is 0.308. The Kier molecular flexibility index (Phi) is 4.09. The minimum Gasteiger partial charge on any atom is -0.507 e. The van der Waals surface area contributed by atoms with Crippen molar-refractivity contribution in [3.63, 3.8) is 0 Å². The second kappa shape index (κ2) is 6.66. The summed E-state index contributed by atoms with van der Waals surface area (Å²) in [4.78, 5) is 5.31. The summed E-state index contributed by atoms with van der Waals surface area (Å²) in [6, 6.07) is 8.91. The number of aromatic amines is 1. The molecule has 4 heterocycles. The van der Waals surface area contributed by atoms with Crippen LogP contribution in [-0.4, -0.2) is 61.3 Å². The monoisotopic (exact) mass is 392 g/mol. The van der Waals surface area contributed by atoms with Gasteiger partial charge in [0.25, 0.3) is 0 Å². The maximum atomic E-state index is 14.8. The highest BCUT2D eigenvalue weighted by Crippen LogP contribution is 2.40. The summed E-state index contributed by atoms with van der Waals surface area (Å²) in [6.07, 6.45) is 2.73. The van der Waals surface area contributed by atoms with Gasteiger partial charge < -0.3 is 15.0 Å². The number of alkyl halides is 1. The van der Waals surface area contributed by atoms with Gasteiger partial charge in [0.1, 0.15) is 11.9 Å². The van der Waals surface area contributed by atoms with Gasteiger partial charge in [-0.1, -0.05) is 12.1 Å². The number of hydrogen-bond acceptors (Lipinski definition) is 5. The highest BCUT2D eigenvalue weighted by Gasteiger charge is 2.36. The number of likely N-dealkylation sites (N-methyl/N-ethyl adjacent to an activating group) is 1. The minimum atomic E-state index is -0.964. The molecule has 8 heteroatoms. The number of hydrogen-bond donors (Lipinski definition) is 2. The van der Waals surface area contributed by atoms with Crippen LogP contribution in [-0.2, 0) is 7.05 Å². The highest BCUT2D eigenvalue weighted by molar-refractivity contribution is 5.97. The van der Waals surface area contributed by atoms with Crippen LogP contribution >= 0.6 is 0 Å². The largest absolute Gasteiger partial charge is 0.507 e. The number of phenolic OH excluding ortho intramolecular Hbond substituents is 1. The number of nitrogens with zero attached hydrogens (tertiary/aromatic N) is 5. The van der Waals surface area contributed by atoms with Crippen LogP contribution in [0, 0.1) is 0 Å². The molecular formula is C21H21FN6O. The first kappa shape index (κ1) is 17.8. The molecule has 148 valence electrons. The zero-order valence-corrected chi connectivity index (χ0v) is 16.2. The summed E-state index contributed by atoms with van der Waals surface area (Å²) < 4.78 is 16.5. The molecule has 0 spiro atoms. The fraction of sp³-hybridized carbons (Fsp3) is 0.286. The highest BCUT2D eigenvalue weighted by atomic mass is 19.1. The van der Waals surface area contributed by atoms with Crippen molar-refractivity contribution in [2.24, 2.45) is 7.05 Å². The molecule has 0 aliphatic carbocycles. The SMILES string of the molecule is CN1CC(F)C(c2[nH]c3nnc(-c4ccccc4O)cc3c2-c2cnn(C)c2)C1. The zero-order chi connectivity index (χ0) is 20.1. The molecule has 1 aromatic carbocycles. The average Bonchev–Trinajstić information content (AvgIpc) is 3.37. The molecule has 0 bridgehead atoms. The van der Waals surface area contributed by atoms with Crippen LogP contribution in [0.1, 0.15) is 11.6 Å². The van der Waals surface area contributed by atoms with E-state index in [9.17, 15) is 9.50 Å². The van der Waals surface area contributed by atoms with Gasteiger partial charge in [-0.25, -0.2) is 4.39 Å². The minimum absolute atomic E-state index is 0.140. The normalized spacial score (nSPS) is 20.0. The van der Waals surface area contributed by atoms with E-state index in [0.29, 0.717) is 30.0 Å². The first-order valence-corrected chi connectivity index (χ1v) is 9.50. The fourth-order valence-corrected chi connectivity index (χ4v) is 4.19. The Bertz CT molecular complexity index is 1200. The van der Waals surface area contributed by atoms with Crippen LogP contribution in [0.25, 0.3) is 33.4 Å². The third kappa shape index (κ3) is 2.96. The number of fused-ring (bicyclic) bond motifs is 1. The van der Waals surface area contributed by atoms with E-state index in [1.807, 2.05) is 37.3 Å². The van der Waals surface area contributed by atoms with Crippen LogP contribution in [0.5, 0.6) is 5.75 Å². The molecule has 0 amide bonds. The van der Waals surface area contributed by atoms with Gasteiger partial charge in [-0.3, -0.25) is 4.68 Å². The van der Waals surface area contributed by atoms with E-state index < -0.39 is 6.17 Å². The lowest BCUT2D eigenvalue weighted by atomic mass is 9.95. The molecule has 4 aromatic rings. The average molecular weight is 392 g/mol. The van der Waals surface area contributed by atoms with Crippen LogP contribution in [0.15, 0.2) is 42.7 Å². The summed E-state index contributed by atoms with van der Waals surface area (Å²) in [7, 11) is 3.78. The molecule has 1 aliphatic rings. The van der Waals surface area contributed by atoms with Crippen molar-refractivity contribution in [2.45, 2.75) is 12.1 Å². The Labute approximate surface area is 166 Å². The standard InChI is InChI=1S/C21H21FN6O/c1-27-10-15(16(22)11-27)20-19(12-8-23-28(2)9-12)14-7-17(25-26-21(14)24-20)13-5-3-4-6-18(13)29/h3-9,15-16,29H,10-11H2,1-2H3,(H,24,26). The number of halogens is 1. The molecule has 0 radical (unpaired) electrons. The smallest absolute Gasteiger partial charge is 0.160 e. The van der Waals surface area contributed by atoms with Crippen molar-refractivity contribution in [3.8, 4) is 28.1 Å². The zero-order valence-electron chi connectivity index (χ0n) is 16.2. The maximum Gasteiger partial charge on any atom is 0.160 e. The Morgan fingerprint density at radius 2 is 2.00 bits per heavy atom. The van der Waals surface area contributed by atoms with E-state index in [0.717, 1.165) is 22.2 Å². The van der Waals surface area contributed by atoms with Gasteiger partial charge in [-0.05, 0) is 25.2 Å². The summed E-state index contributed by atoms with van der Waals surface area (Å²) in [6.45, 7) is 1.03. The number of benzene rings is 1. The van der Waals surface area contributed by atoms with E-state index in [2.05, 4.69) is 20.3 Å². The third-order valence-electron chi connectivity index (χ3n) is 5.56. The van der Waals surface area contributed by atoms with Crippen molar-refractivity contribution >= 4 is 11.0 Å². The number of phenols is 1. The lowest BCUT2D eigenvalue weighted by Gasteiger charge is -2.13. The van der Waals surface area contributed by atoms with Gasteiger partial charge in [0.15, 0.2) is 5.65 Å². The maximum absolute atomic E-state index is 14.8. The van der Waals surface area contributed by atoms with Crippen molar-refractivity contribution in [1.82, 2.24) is 29.9 Å². The Morgan fingerprint density at radius 3 is 2.69 bits per heavy atom. The molecule has 7 nitrogen and oxygen atoms in total. The predicted octanol–water partition coefficient (Wildman–Crippen LogP) is 3.10. The molecule has 1 saturated heterocycles. The molecule has 2 N–H and O–H groups in total. The molecule has 0 saturated carbocycles. The number of likely N-dealkylation sites (tertiary alicyclic amines) is 1. The van der Waals surface area contributed by atoms with E-state index in [1.54, 1.807) is 29.1 Å². The van der Waals surface area contributed by atoms with E-state index in [-0.39, 0.29) is 11.7 Å². The van der Waals surface area contributed by atoms with Crippen molar-refractivity contribution in [2.75, 3.05) is 20.1 Å². The van der Waals surface area contributed by atoms with Crippen LogP contribution in [0.3, 0.4) is 0 Å². The van der Waals surface area contributed by atoms with Gasteiger partial charge in [0.05, 0.1) is 11.9 Å². The van der Waals surface area contributed by atoms with Crippen molar-refractivity contribution < 1.29 is 9.50 Å². The number of H-pyrrole nitrogens is 1. The fourth-order valence-electron chi connectivity index (χ4n) is 4.19. The van der Waals surface area contributed by atoms with Gasteiger partial charge in [0, 0.05) is 60.0 Å². The van der Waals surface area contributed by atoms with E-state index in [4.69, 9.17) is 0 Å². The van der Waals surface area contributed by atoms with Gasteiger partial charge >= 0.3 is 0 Å². The Balaban J connectivity index is 1.74. The van der Waals surface area contributed by atoms with E-state index in [1.165, 1.54) is 0 Å². The first-order chi connectivity index (χ1) is 14.0. The number of para-hydroxylation sites is 1. The van der Waals surface area contributed by atoms with Crippen molar-refractivity contribution in [3.05, 3.63) is 48.4 Å². The van der Waals surface area contributed by atoms with Crippen LogP contribution in [0.4, 0.5) is 4.39 Å². The number of aromatic nitrogens is 5. The second-order valence-corrected chi connectivity index (χ2v) is 7.67. The molecular weight excluding hydrogens is 371 g/mol. The van der Waals surface area contributed by atoms with Crippen molar-refractivity contribution in [1.29, 1.82) is 0 Å². The Hall–Kier alpha value is -3.26. The molecule has 29 heavy (non-hydrogen) atoms. The predicted molar refractivity (Wildman–Crippen MR) is 108 cm³/mol.